The number of anilines is 1. The van der Waals surface area contributed by atoms with E-state index in [0.29, 0.717) is 0 Å². The number of aliphatic hydroxyl groups is 1. The number of para-hydroxylation sites is 1. The van der Waals surface area contributed by atoms with E-state index in [4.69, 9.17) is 0 Å². The number of aryl methyl sites for hydroxylation is 1. The highest BCUT2D eigenvalue weighted by molar-refractivity contribution is 5.52. The Morgan fingerprint density at radius 1 is 1.11 bits per heavy atom. The minimum atomic E-state index is 0.0592. The zero-order chi connectivity index (χ0) is 13.0. The first-order valence-corrected chi connectivity index (χ1v) is 6.22. The molecule has 0 radical (unpaired) electrons. The van der Waals surface area contributed by atoms with Gasteiger partial charge >= 0.3 is 0 Å². The van der Waals surface area contributed by atoms with Crippen LogP contribution < -0.4 is 5.32 Å². The molecule has 0 aromatic heterocycles. The van der Waals surface area contributed by atoms with Crippen LogP contribution in [0.25, 0.3) is 0 Å². The number of benzene rings is 2. The van der Waals surface area contributed by atoms with Gasteiger partial charge in [0.05, 0.1) is 6.61 Å². The molecule has 2 nitrogen and oxygen atoms in total. The molecule has 94 valence electrons. The Morgan fingerprint density at radius 3 is 2.61 bits per heavy atom. The molecular formula is C16H19NO. The first-order chi connectivity index (χ1) is 8.70. The van der Waals surface area contributed by atoms with E-state index in [2.05, 4.69) is 43.4 Å². The maximum atomic E-state index is 9.31. The molecule has 0 saturated carbocycles. The minimum Gasteiger partial charge on any atom is -0.392 e. The molecule has 2 N–H and O–H groups in total. The lowest BCUT2D eigenvalue weighted by molar-refractivity contribution is 0.282. The third-order valence-corrected chi connectivity index (χ3v) is 3.10. The minimum absolute atomic E-state index is 0.0592. The molecule has 2 aromatic carbocycles. The van der Waals surface area contributed by atoms with Gasteiger partial charge < -0.3 is 10.4 Å². The first kappa shape index (κ1) is 12.7. The fourth-order valence-corrected chi connectivity index (χ4v) is 2.06. The van der Waals surface area contributed by atoms with E-state index in [0.717, 1.165) is 11.3 Å². The van der Waals surface area contributed by atoms with Crippen LogP contribution in [-0.2, 0) is 6.61 Å². The summed E-state index contributed by atoms with van der Waals surface area (Å²) in [7, 11) is 0. The largest absolute Gasteiger partial charge is 0.392 e. The van der Waals surface area contributed by atoms with Gasteiger partial charge in [0.1, 0.15) is 0 Å². The average Bonchev–Trinajstić information content (AvgIpc) is 2.39. The first-order valence-electron chi connectivity index (χ1n) is 6.22. The summed E-state index contributed by atoms with van der Waals surface area (Å²) < 4.78 is 0. The summed E-state index contributed by atoms with van der Waals surface area (Å²) >= 11 is 0. The molecule has 1 atom stereocenters. The van der Waals surface area contributed by atoms with Gasteiger partial charge in [-0.1, -0.05) is 48.0 Å². The van der Waals surface area contributed by atoms with Crippen LogP contribution >= 0.6 is 0 Å². The highest BCUT2D eigenvalue weighted by atomic mass is 16.3. The maximum Gasteiger partial charge on any atom is 0.0701 e. The van der Waals surface area contributed by atoms with E-state index in [-0.39, 0.29) is 12.6 Å². The Balaban J connectivity index is 2.18. The van der Waals surface area contributed by atoms with Crippen LogP contribution in [0.2, 0.25) is 0 Å². The van der Waals surface area contributed by atoms with Crippen molar-refractivity contribution >= 4 is 5.69 Å². The van der Waals surface area contributed by atoms with Crippen LogP contribution in [0, 0.1) is 6.92 Å². The predicted molar refractivity (Wildman–Crippen MR) is 75.6 cm³/mol. The Kier molecular flexibility index (Phi) is 4.00. The SMILES string of the molecule is Cc1cccc(C(C)Nc2ccccc2CO)c1. The summed E-state index contributed by atoms with van der Waals surface area (Å²) in [5, 5.41) is 12.8. The van der Waals surface area contributed by atoms with Gasteiger partial charge in [-0.05, 0) is 25.5 Å². The van der Waals surface area contributed by atoms with Crippen molar-refractivity contribution in [3.8, 4) is 0 Å². The fourth-order valence-electron chi connectivity index (χ4n) is 2.06. The lowest BCUT2D eigenvalue weighted by Crippen LogP contribution is -2.08. The molecular weight excluding hydrogens is 222 g/mol. The smallest absolute Gasteiger partial charge is 0.0701 e. The highest BCUT2D eigenvalue weighted by Crippen LogP contribution is 2.22. The van der Waals surface area contributed by atoms with Gasteiger partial charge in [-0.3, -0.25) is 0 Å². The van der Waals surface area contributed by atoms with Gasteiger partial charge in [0.15, 0.2) is 0 Å². The molecule has 0 aliphatic rings. The molecule has 0 bridgehead atoms. The molecule has 0 aliphatic heterocycles. The summed E-state index contributed by atoms with van der Waals surface area (Å²) in [5.74, 6) is 0. The quantitative estimate of drug-likeness (QED) is 0.856. The van der Waals surface area contributed by atoms with Crippen molar-refractivity contribution in [1.82, 2.24) is 0 Å². The van der Waals surface area contributed by atoms with Gasteiger partial charge in [0.25, 0.3) is 0 Å². The second-order valence-electron chi connectivity index (χ2n) is 4.60. The second-order valence-corrected chi connectivity index (χ2v) is 4.60. The number of nitrogens with one attached hydrogen (secondary N) is 1. The Hall–Kier alpha value is -1.80. The zero-order valence-electron chi connectivity index (χ0n) is 10.9. The molecule has 0 spiro atoms. The van der Waals surface area contributed by atoms with E-state index in [1.165, 1.54) is 11.1 Å². The van der Waals surface area contributed by atoms with Crippen molar-refractivity contribution in [3.63, 3.8) is 0 Å². The third kappa shape index (κ3) is 2.90. The summed E-state index contributed by atoms with van der Waals surface area (Å²) in [4.78, 5) is 0. The predicted octanol–water partition coefficient (Wildman–Crippen LogP) is 3.66. The van der Waals surface area contributed by atoms with E-state index in [1.54, 1.807) is 0 Å². The normalized spacial score (nSPS) is 12.2. The number of hydrogen-bond donors (Lipinski definition) is 2. The van der Waals surface area contributed by atoms with E-state index < -0.39 is 0 Å². The summed E-state index contributed by atoms with van der Waals surface area (Å²) in [6.07, 6.45) is 0. The summed E-state index contributed by atoms with van der Waals surface area (Å²) in [6, 6.07) is 16.5. The molecule has 0 aliphatic carbocycles. The number of aliphatic hydroxyl groups excluding tert-OH is 1. The molecule has 2 heteroatoms. The topological polar surface area (TPSA) is 32.3 Å². The Bertz CT molecular complexity index is 522. The van der Waals surface area contributed by atoms with Crippen LogP contribution in [0.3, 0.4) is 0 Å². The lowest BCUT2D eigenvalue weighted by Gasteiger charge is -2.18. The fraction of sp³-hybridized carbons (Fsp3) is 0.250. The van der Waals surface area contributed by atoms with Gasteiger partial charge in [-0.25, -0.2) is 0 Å². The number of hydrogen-bond acceptors (Lipinski definition) is 2. The molecule has 2 rings (SSSR count). The van der Waals surface area contributed by atoms with Crippen molar-refractivity contribution in [3.05, 3.63) is 65.2 Å². The third-order valence-electron chi connectivity index (χ3n) is 3.10. The van der Waals surface area contributed by atoms with Crippen molar-refractivity contribution in [2.75, 3.05) is 5.32 Å². The maximum absolute atomic E-state index is 9.31. The molecule has 0 heterocycles. The second kappa shape index (κ2) is 5.69. The van der Waals surface area contributed by atoms with E-state index in [1.807, 2.05) is 24.3 Å². The Morgan fingerprint density at radius 2 is 1.89 bits per heavy atom. The summed E-state index contributed by atoms with van der Waals surface area (Å²) in [6.45, 7) is 4.28. The van der Waals surface area contributed by atoms with Gasteiger partial charge in [-0.15, -0.1) is 0 Å². The van der Waals surface area contributed by atoms with Crippen LogP contribution in [-0.4, -0.2) is 5.11 Å². The number of rotatable bonds is 4. The van der Waals surface area contributed by atoms with Crippen molar-refractivity contribution < 1.29 is 5.11 Å². The molecule has 0 saturated heterocycles. The molecule has 1 unspecified atom stereocenters. The van der Waals surface area contributed by atoms with Crippen LogP contribution in [0.15, 0.2) is 48.5 Å². The molecule has 2 aromatic rings. The van der Waals surface area contributed by atoms with E-state index >= 15 is 0 Å². The molecule has 0 fully saturated rings. The van der Waals surface area contributed by atoms with Crippen molar-refractivity contribution in [1.29, 1.82) is 0 Å². The molecule has 0 amide bonds. The van der Waals surface area contributed by atoms with Crippen LogP contribution in [0.5, 0.6) is 0 Å². The average molecular weight is 241 g/mol. The zero-order valence-corrected chi connectivity index (χ0v) is 10.9. The Labute approximate surface area is 108 Å². The van der Waals surface area contributed by atoms with Crippen molar-refractivity contribution in [2.24, 2.45) is 0 Å². The van der Waals surface area contributed by atoms with Gasteiger partial charge in [0.2, 0.25) is 0 Å². The standard InChI is InChI=1S/C16H19NO/c1-12-6-5-8-14(10-12)13(2)17-16-9-4-3-7-15(16)11-18/h3-10,13,17-18H,11H2,1-2H3. The van der Waals surface area contributed by atoms with Crippen LogP contribution in [0.1, 0.15) is 29.7 Å². The lowest BCUT2D eigenvalue weighted by atomic mass is 10.0. The van der Waals surface area contributed by atoms with Crippen molar-refractivity contribution in [2.45, 2.75) is 26.5 Å². The van der Waals surface area contributed by atoms with E-state index in [9.17, 15) is 5.11 Å². The monoisotopic (exact) mass is 241 g/mol. The van der Waals surface area contributed by atoms with Gasteiger partial charge in [-0.2, -0.15) is 0 Å². The van der Waals surface area contributed by atoms with Crippen LogP contribution in [0.4, 0.5) is 5.69 Å². The highest BCUT2D eigenvalue weighted by Gasteiger charge is 2.07. The molecule has 18 heavy (non-hydrogen) atoms. The van der Waals surface area contributed by atoms with Gasteiger partial charge in [0, 0.05) is 17.3 Å². The summed E-state index contributed by atoms with van der Waals surface area (Å²) in [5.41, 5.74) is 4.44.